The van der Waals surface area contributed by atoms with Crippen LogP contribution in [-0.2, 0) is 11.2 Å². The van der Waals surface area contributed by atoms with Gasteiger partial charge < -0.3 is 14.6 Å². The molecule has 1 N–H and O–H groups in total. The molecule has 1 aliphatic heterocycles. The van der Waals surface area contributed by atoms with Crippen LogP contribution in [0.3, 0.4) is 0 Å². The molecule has 6 nitrogen and oxygen atoms in total. The maximum Gasteiger partial charge on any atom is 0.252 e. The quantitative estimate of drug-likeness (QED) is 0.769. The number of aryl methyl sites for hydroxylation is 3. The molecule has 1 amide bonds. The Morgan fingerprint density at radius 1 is 1.15 bits per heavy atom. The Morgan fingerprint density at radius 3 is 2.78 bits per heavy atom. The minimum absolute atomic E-state index is 0.0590. The van der Waals surface area contributed by atoms with Crippen molar-refractivity contribution in [1.82, 2.24) is 15.5 Å². The molecule has 1 aromatic carbocycles. The molecule has 0 radical (unpaired) electrons. The number of pyridine rings is 1. The van der Waals surface area contributed by atoms with E-state index in [4.69, 9.17) is 9.26 Å². The van der Waals surface area contributed by atoms with E-state index in [1.165, 1.54) is 0 Å². The second kappa shape index (κ2) is 7.12. The number of rotatable bonds is 4. The summed E-state index contributed by atoms with van der Waals surface area (Å²) in [6, 6.07) is 9.70. The Bertz CT molecular complexity index is 996. The van der Waals surface area contributed by atoms with E-state index < -0.39 is 0 Å². The number of fused-ring (bicyclic) bond motifs is 1. The fourth-order valence-electron chi connectivity index (χ4n) is 3.64. The molecule has 27 heavy (non-hydrogen) atoms. The number of carbonyl (C=O) groups is 1. The fraction of sp³-hybridized carbons (Fsp3) is 0.381. The van der Waals surface area contributed by atoms with Crippen LogP contribution in [0.2, 0.25) is 0 Å². The molecule has 0 saturated carbocycles. The van der Waals surface area contributed by atoms with Gasteiger partial charge in [-0.3, -0.25) is 9.78 Å². The SMILES string of the molecule is Cc1ccc2nc(C)cc(C(=O)N[C@@H]3COC[C@@H]3Cc3cc(C)no3)c2c1. The number of nitrogens with one attached hydrogen (secondary N) is 1. The smallest absolute Gasteiger partial charge is 0.252 e. The van der Waals surface area contributed by atoms with Gasteiger partial charge in [-0.15, -0.1) is 0 Å². The second-order valence-electron chi connectivity index (χ2n) is 7.35. The number of hydrogen-bond acceptors (Lipinski definition) is 5. The monoisotopic (exact) mass is 365 g/mol. The van der Waals surface area contributed by atoms with E-state index in [0.29, 0.717) is 25.2 Å². The second-order valence-corrected chi connectivity index (χ2v) is 7.35. The highest BCUT2D eigenvalue weighted by Gasteiger charge is 2.31. The van der Waals surface area contributed by atoms with E-state index in [0.717, 1.165) is 33.6 Å². The van der Waals surface area contributed by atoms with Gasteiger partial charge in [-0.05, 0) is 39.0 Å². The molecule has 1 saturated heterocycles. The Balaban J connectivity index is 1.56. The number of hydrogen-bond donors (Lipinski definition) is 1. The van der Waals surface area contributed by atoms with Crippen molar-refractivity contribution in [3.05, 3.63) is 58.6 Å². The number of ether oxygens (including phenoxy) is 1. The average Bonchev–Trinajstić information content (AvgIpc) is 3.24. The Hall–Kier alpha value is -2.73. The number of carbonyl (C=O) groups excluding carboxylic acids is 1. The highest BCUT2D eigenvalue weighted by Crippen LogP contribution is 2.23. The molecule has 3 aromatic rings. The largest absolute Gasteiger partial charge is 0.379 e. The summed E-state index contributed by atoms with van der Waals surface area (Å²) in [4.78, 5) is 17.6. The zero-order valence-electron chi connectivity index (χ0n) is 15.8. The third-order valence-electron chi connectivity index (χ3n) is 4.99. The van der Waals surface area contributed by atoms with Crippen molar-refractivity contribution in [1.29, 1.82) is 0 Å². The van der Waals surface area contributed by atoms with E-state index in [1.54, 1.807) is 0 Å². The lowest BCUT2D eigenvalue weighted by Crippen LogP contribution is -2.40. The van der Waals surface area contributed by atoms with Crippen molar-refractivity contribution in [3.8, 4) is 0 Å². The highest BCUT2D eigenvalue weighted by atomic mass is 16.5. The van der Waals surface area contributed by atoms with Crippen LogP contribution < -0.4 is 5.32 Å². The van der Waals surface area contributed by atoms with Crippen molar-refractivity contribution in [2.75, 3.05) is 13.2 Å². The molecule has 0 spiro atoms. The van der Waals surface area contributed by atoms with Gasteiger partial charge in [0.05, 0.1) is 36.0 Å². The first-order valence-corrected chi connectivity index (χ1v) is 9.18. The lowest BCUT2D eigenvalue weighted by Gasteiger charge is -2.19. The van der Waals surface area contributed by atoms with Crippen LogP contribution in [0.1, 0.15) is 33.1 Å². The summed E-state index contributed by atoms with van der Waals surface area (Å²) >= 11 is 0. The Labute approximate surface area is 157 Å². The van der Waals surface area contributed by atoms with Gasteiger partial charge in [0.25, 0.3) is 5.91 Å². The molecule has 2 atom stereocenters. The fourth-order valence-corrected chi connectivity index (χ4v) is 3.64. The van der Waals surface area contributed by atoms with Crippen LogP contribution in [0, 0.1) is 26.7 Å². The van der Waals surface area contributed by atoms with Crippen LogP contribution >= 0.6 is 0 Å². The summed E-state index contributed by atoms with van der Waals surface area (Å²) in [6.07, 6.45) is 0.695. The lowest BCUT2D eigenvalue weighted by atomic mass is 9.97. The van der Waals surface area contributed by atoms with Gasteiger partial charge in [0.1, 0.15) is 5.76 Å². The maximum absolute atomic E-state index is 13.1. The van der Waals surface area contributed by atoms with E-state index in [1.807, 2.05) is 51.1 Å². The summed E-state index contributed by atoms with van der Waals surface area (Å²) in [6.45, 7) is 6.92. The summed E-state index contributed by atoms with van der Waals surface area (Å²) in [5, 5.41) is 7.97. The molecular weight excluding hydrogens is 342 g/mol. The average molecular weight is 365 g/mol. The molecular formula is C21H23N3O3. The summed E-state index contributed by atoms with van der Waals surface area (Å²) in [5.41, 5.74) is 4.28. The molecule has 0 bridgehead atoms. The van der Waals surface area contributed by atoms with Crippen LogP contribution in [-0.4, -0.2) is 35.3 Å². The minimum Gasteiger partial charge on any atom is -0.379 e. The predicted octanol–water partition coefficient (Wildman–Crippen LogP) is 3.14. The molecule has 1 fully saturated rings. The van der Waals surface area contributed by atoms with Gasteiger partial charge in [0.15, 0.2) is 0 Å². The van der Waals surface area contributed by atoms with Crippen molar-refractivity contribution in [2.45, 2.75) is 33.2 Å². The molecule has 0 unspecified atom stereocenters. The summed E-state index contributed by atoms with van der Waals surface area (Å²) in [5.74, 6) is 0.894. The summed E-state index contributed by atoms with van der Waals surface area (Å²) < 4.78 is 11.0. The van der Waals surface area contributed by atoms with Crippen molar-refractivity contribution in [3.63, 3.8) is 0 Å². The first-order chi connectivity index (χ1) is 13.0. The minimum atomic E-state index is -0.0923. The third kappa shape index (κ3) is 3.71. The first-order valence-electron chi connectivity index (χ1n) is 9.18. The van der Waals surface area contributed by atoms with Gasteiger partial charge in [-0.2, -0.15) is 0 Å². The number of benzene rings is 1. The third-order valence-corrected chi connectivity index (χ3v) is 4.99. The molecule has 0 aliphatic carbocycles. The first kappa shape index (κ1) is 17.7. The molecule has 2 aromatic heterocycles. The topological polar surface area (TPSA) is 77.2 Å². The van der Waals surface area contributed by atoms with Crippen LogP contribution in [0.25, 0.3) is 10.9 Å². The standard InChI is InChI=1S/C21H23N3O3/c1-12-4-5-19-17(6-12)18(8-13(2)22-19)21(25)23-20-11-26-10-15(20)9-16-7-14(3)24-27-16/h4-8,15,20H,9-11H2,1-3H3,(H,23,25)/t15-,20+/m0/s1. The Kier molecular flexibility index (Phi) is 4.66. The van der Waals surface area contributed by atoms with Crippen LogP contribution in [0.4, 0.5) is 0 Å². The molecule has 3 heterocycles. The Morgan fingerprint density at radius 2 is 2.00 bits per heavy atom. The molecule has 6 heteroatoms. The van der Waals surface area contributed by atoms with Crippen molar-refractivity contribution >= 4 is 16.8 Å². The van der Waals surface area contributed by atoms with E-state index in [-0.39, 0.29) is 17.9 Å². The van der Waals surface area contributed by atoms with E-state index >= 15 is 0 Å². The van der Waals surface area contributed by atoms with Crippen molar-refractivity contribution < 1.29 is 14.1 Å². The predicted molar refractivity (Wildman–Crippen MR) is 102 cm³/mol. The van der Waals surface area contributed by atoms with Gasteiger partial charge in [-0.1, -0.05) is 16.8 Å². The number of nitrogens with zero attached hydrogens (tertiary/aromatic N) is 2. The number of amides is 1. The molecule has 4 rings (SSSR count). The van der Waals surface area contributed by atoms with Gasteiger partial charge in [0, 0.05) is 29.5 Å². The normalized spacial score (nSPS) is 19.5. The zero-order valence-corrected chi connectivity index (χ0v) is 15.8. The van der Waals surface area contributed by atoms with Crippen molar-refractivity contribution in [2.24, 2.45) is 5.92 Å². The van der Waals surface area contributed by atoms with Gasteiger partial charge >= 0.3 is 0 Å². The zero-order chi connectivity index (χ0) is 19.0. The van der Waals surface area contributed by atoms with Gasteiger partial charge in [-0.25, -0.2) is 0 Å². The van der Waals surface area contributed by atoms with Gasteiger partial charge in [0.2, 0.25) is 0 Å². The van der Waals surface area contributed by atoms with E-state index in [2.05, 4.69) is 15.5 Å². The lowest BCUT2D eigenvalue weighted by molar-refractivity contribution is 0.0926. The molecule has 1 aliphatic rings. The van der Waals surface area contributed by atoms with Crippen LogP contribution in [0.5, 0.6) is 0 Å². The highest BCUT2D eigenvalue weighted by molar-refractivity contribution is 6.06. The number of aromatic nitrogens is 2. The molecule has 140 valence electrons. The van der Waals surface area contributed by atoms with Crippen LogP contribution in [0.15, 0.2) is 34.9 Å². The maximum atomic E-state index is 13.1. The van der Waals surface area contributed by atoms with E-state index in [9.17, 15) is 4.79 Å². The summed E-state index contributed by atoms with van der Waals surface area (Å²) in [7, 11) is 0.